The average Bonchev–Trinajstić information content (AvgIpc) is 3.05. The summed E-state index contributed by atoms with van der Waals surface area (Å²) in [6, 6.07) is 0.373. The minimum Gasteiger partial charge on any atom is -0.480 e. The maximum atomic E-state index is 11.5. The first-order valence-electron chi connectivity index (χ1n) is 6.48. The molecule has 2 N–H and O–H groups in total. The van der Waals surface area contributed by atoms with E-state index in [0.717, 1.165) is 21.5 Å². The van der Waals surface area contributed by atoms with Crippen molar-refractivity contribution in [2.75, 3.05) is 6.26 Å². The molecule has 20 heavy (non-hydrogen) atoms. The molecule has 0 spiro atoms. The number of rotatable bonds is 8. The van der Waals surface area contributed by atoms with Gasteiger partial charge in [0, 0.05) is 11.3 Å². The van der Waals surface area contributed by atoms with E-state index in [9.17, 15) is 9.90 Å². The van der Waals surface area contributed by atoms with E-state index in [1.54, 1.807) is 41.8 Å². The minimum atomic E-state index is -0.861. The monoisotopic (exact) mass is 333 g/mol. The Kier molecular flexibility index (Phi) is 5.33. The molecule has 1 saturated carbocycles. The lowest BCUT2D eigenvalue weighted by Crippen LogP contribution is -2.51. The van der Waals surface area contributed by atoms with Gasteiger partial charge < -0.3 is 5.11 Å². The number of nitrogens with one attached hydrogen (secondary N) is 1. The van der Waals surface area contributed by atoms with Gasteiger partial charge in [-0.3, -0.25) is 10.1 Å². The van der Waals surface area contributed by atoms with Gasteiger partial charge in [-0.2, -0.15) is 0 Å². The van der Waals surface area contributed by atoms with E-state index in [-0.39, 0.29) is 5.25 Å². The smallest absolute Gasteiger partial charge is 0.323 e. The van der Waals surface area contributed by atoms with Crippen LogP contribution in [0.2, 0.25) is 0 Å². The number of thioether (sulfide) groups is 2. The summed E-state index contributed by atoms with van der Waals surface area (Å²) in [5.41, 5.74) is -0.861. The van der Waals surface area contributed by atoms with Crippen molar-refractivity contribution in [3.63, 3.8) is 0 Å². The third kappa shape index (κ3) is 4.34. The van der Waals surface area contributed by atoms with E-state index in [0.29, 0.717) is 12.5 Å². The summed E-state index contributed by atoms with van der Waals surface area (Å²) in [5, 5.41) is 21.1. The molecule has 1 heterocycles. The molecule has 1 aromatic heterocycles. The zero-order chi connectivity index (χ0) is 14.8. The summed E-state index contributed by atoms with van der Waals surface area (Å²) in [4.78, 5) is 11.5. The van der Waals surface area contributed by atoms with Crippen LogP contribution >= 0.6 is 34.9 Å². The highest BCUT2D eigenvalue weighted by Gasteiger charge is 2.39. The van der Waals surface area contributed by atoms with Crippen molar-refractivity contribution < 1.29 is 9.90 Å². The van der Waals surface area contributed by atoms with Crippen molar-refractivity contribution in [1.29, 1.82) is 0 Å². The number of aromatic nitrogens is 2. The summed E-state index contributed by atoms with van der Waals surface area (Å²) < 4.78 is 1.85. The first-order valence-corrected chi connectivity index (χ1v) is 9.40. The van der Waals surface area contributed by atoms with Gasteiger partial charge in [-0.05, 0) is 32.4 Å². The Morgan fingerprint density at radius 2 is 2.20 bits per heavy atom. The van der Waals surface area contributed by atoms with Crippen LogP contribution in [0.5, 0.6) is 0 Å². The van der Waals surface area contributed by atoms with E-state index in [2.05, 4.69) is 15.5 Å². The zero-order valence-electron chi connectivity index (χ0n) is 11.8. The van der Waals surface area contributed by atoms with Gasteiger partial charge in [-0.15, -0.1) is 10.2 Å². The maximum Gasteiger partial charge on any atom is 0.323 e. The summed E-state index contributed by atoms with van der Waals surface area (Å²) >= 11 is 4.73. The normalized spacial score (nSPS) is 19.6. The predicted molar refractivity (Wildman–Crippen MR) is 83.8 cm³/mol. The van der Waals surface area contributed by atoms with Gasteiger partial charge in [0.05, 0.1) is 0 Å². The Balaban J connectivity index is 1.93. The van der Waals surface area contributed by atoms with Crippen molar-refractivity contribution >= 4 is 40.8 Å². The largest absolute Gasteiger partial charge is 0.480 e. The molecule has 112 valence electrons. The van der Waals surface area contributed by atoms with Crippen LogP contribution in [0.1, 0.15) is 33.1 Å². The van der Waals surface area contributed by atoms with Gasteiger partial charge >= 0.3 is 5.97 Å². The van der Waals surface area contributed by atoms with Crippen molar-refractivity contribution in [2.24, 2.45) is 0 Å². The minimum absolute atomic E-state index is 0.171. The molecule has 2 unspecified atom stereocenters. The van der Waals surface area contributed by atoms with E-state index < -0.39 is 11.5 Å². The van der Waals surface area contributed by atoms with Crippen molar-refractivity contribution in [3.05, 3.63) is 0 Å². The molecular formula is C12H19N3O2S3. The predicted octanol–water partition coefficient (Wildman–Crippen LogP) is 2.73. The summed E-state index contributed by atoms with van der Waals surface area (Å²) in [7, 11) is 0. The van der Waals surface area contributed by atoms with Gasteiger partial charge in [0.25, 0.3) is 0 Å². The second kappa shape index (κ2) is 6.64. The van der Waals surface area contributed by atoms with Crippen LogP contribution in [0.25, 0.3) is 0 Å². The molecule has 1 aromatic rings. The van der Waals surface area contributed by atoms with Crippen molar-refractivity contribution in [3.8, 4) is 0 Å². The molecule has 0 aromatic carbocycles. The van der Waals surface area contributed by atoms with Gasteiger partial charge in [0.2, 0.25) is 0 Å². The second-order valence-corrected chi connectivity index (χ2v) is 8.94. The Bertz CT molecular complexity index is 478. The molecule has 0 radical (unpaired) electrons. The van der Waals surface area contributed by atoms with Gasteiger partial charge in [0.15, 0.2) is 8.68 Å². The van der Waals surface area contributed by atoms with Gasteiger partial charge in [-0.1, -0.05) is 41.8 Å². The highest BCUT2D eigenvalue weighted by atomic mass is 32.2. The molecule has 0 amide bonds. The SMILES string of the molecule is CSc1nnc(SC(C)CC(C)(NC2CC2)C(=O)O)s1. The lowest BCUT2D eigenvalue weighted by atomic mass is 9.96. The molecule has 0 aliphatic heterocycles. The number of aliphatic carboxylic acids is 1. The number of carboxylic acids is 1. The van der Waals surface area contributed by atoms with Crippen LogP contribution in [0.15, 0.2) is 8.68 Å². The van der Waals surface area contributed by atoms with Crippen molar-refractivity contribution in [2.45, 2.75) is 58.6 Å². The van der Waals surface area contributed by atoms with E-state index in [1.165, 1.54) is 0 Å². The molecule has 5 nitrogen and oxygen atoms in total. The fourth-order valence-electron chi connectivity index (χ4n) is 2.00. The number of hydrogen-bond donors (Lipinski definition) is 2. The first-order chi connectivity index (χ1) is 9.43. The molecule has 0 bridgehead atoms. The zero-order valence-corrected chi connectivity index (χ0v) is 14.2. The van der Waals surface area contributed by atoms with Crippen LogP contribution in [0.4, 0.5) is 0 Å². The molecule has 2 rings (SSSR count). The van der Waals surface area contributed by atoms with Crippen LogP contribution in [0.3, 0.4) is 0 Å². The molecule has 1 aliphatic rings. The standard InChI is InChI=1S/C12H19N3O2S3/c1-7(19-11-15-14-10(18-3)20-11)6-12(2,9(16)17)13-8-4-5-8/h7-8,13H,4-6H2,1-3H3,(H,16,17). The molecule has 2 atom stereocenters. The summed E-state index contributed by atoms with van der Waals surface area (Å²) in [6.07, 6.45) is 4.70. The van der Waals surface area contributed by atoms with Crippen LogP contribution < -0.4 is 5.32 Å². The van der Waals surface area contributed by atoms with E-state index in [4.69, 9.17) is 0 Å². The second-order valence-electron chi connectivity index (χ2n) is 5.23. The molecule has 8 heteroatoms. The highest BCUT2D eigenvalue weighted by Crippen LogP contribution is 2.34. The average molecular weight is 334 g/mol. The van der Waals surface area contributed by atoms with Crippen molar-refractivity contribution in [1.82, 2.24) is 15.5 Å². The van der Waals surface area contributed by atoms with Crippen LogP contribution in [0, 0.1) is 0 Å². The Morgan fingerprint density at radius 1 is 1.55 bits per heavy atom. The number of carbonyl (C=O) groups is 1. The van der Waals surface area contributed by atoms with Crippen LogP contribution in [-0.4, -0.2) is 44.4 Å². The Morgan fingerprint density at radius 3 is 2.70 bits per heavy atom. The topological polar surface area (TPSA) is 75.1 Å². The lowest BCUT2D eigenvalue weighted by Gasteiger charge is -2.28. The Hall–Kier alpha value is -0.310. The molecule has 1 aliphatic carbocycles. The number of carboxylic acid groups (broad SMARTS) is 1. The Labute approximate surface area is 131 Å². The van der Waals surface area contributed by atoms with E-state index >= 15 is 0 Å². The van der Waals surface area contributed by atoms with E-state index in [1.807, 2.05) is 13.2 Å². The summed E-state index contributed by atoms with van der Waals surface area (Å²) in [6.45, 7) is 3.82. The maximum absolute atomic E-state index is 11.5. The molecule has 0 saturated heterocycles. The lowest BCUT2D eigenvalue weighted by molar-refractivity contribution is -0.144. The van der Waals surface area contributed by atoms with Gasteiger partial charge in [-0.25, -0.2) is 0 Å². The first kappa shape index (κ1) is 16.1. The fraction of sp³-hybridized carbons (Fsp3) is 0.750. The third-order valence-electron chi connectivity index (χ3n) is 3.13. The number of nitrogens with zero attached hydrogens (tertiary/aromatic N) is 2. The third-order valence-corrected chi connectivity index (χ3v) is 6.22. The highest BCUT2D eigenvalue weighted by molar-refractivity contribution is 8.03. The molecular weight excluding hydrogens is 314 g/mol. The quantitative estimate of drug-likeness (QED) is 0.708. The fourth-order valence-corrected chi connectivity index (χ4v) is 4.94. The van der Waals surface area contributed by atoms with Crippen LogP contribution in [-0.2, 0) is 4.79 Å². The summed E-state index contributed by atoms with van der Waals surface area (Å²) in [5.74, 6) is -0.779. The number of hydrogen-bond acceptors (Lipinski definition) is 7. The van der Waals surface area contributed by atoms with Gasteiger partial charge in [0.1, 0.15) is 5.54 Å². The molecule has 1 fully saturated rings.